The number of hydrogen-bond acceptors (Lipinski definition) is 5. The largest absolute Gasteiger partial charge is 0.477 e. The smallest absolute Gasteiger partial charge is 0.341 e. The Labute approximate surface area is 215 Å². The molecule has 6 rings (SSSR count). The second-order valence-corrected chi connectivity index (χ2v) is 10.6. The van der Waals surface area contributed by atoms with Gasteiger partial charge in [-0.3, -0.25) is 9.69 Å². The maximum absolute atomic E-state index is 15.2. The number of anilines is 2. The van der Waals surface area contributed by atoms with Gasteiger partial charge in [0.25, 0.3) is 0 Å². The van der Waals surface area contributed by atoms with Crippen molar-refractivity contribution in [2.75, 3.05) is 49.1 Å². The normalized spacial score (nSPS) is 18.9. The Bertz CT molecular complexity index is 1370. The predicted molar refractivity (Wildman–Crippen MR) is 143 cm³/mol. The number of aromatic nitrogens is 1. The summed E-state index contributed by atoms with van der Waals surface area (Å²) < 4.78 is 17.1. The van der Waals surface area contributed by atoms with Crippen LogP contribution in [-0.2, 0) is 6.54 Å². The average Bonchev–Trinajstić information content (AvgIpc) is 3.76. The molecule has 7 nitrogen and oxygen atoms in total. The monoisotopic (exact) mass is 504 g/mol. The van der Waals surface area contributed by atoms with E-state index >= 15 is 4.39 Å². The Morgan fingerprint density at radius 1 is 0.919 bits per heavy atom. The summed E-state index contributed by atoms with van der Waals surface area (Å²) in [6.45, 7) is 6.17. The Balaban J connectivity index is 1.16. The molecule has 37 heavy (non-hydrogen) atoms. The highest BCUT2D eigenvalue weighted by molar-refractivity contribution is 5.93. The molecule has 0 atom stereocenters. The molecule has 0 bridgehead atoms. The van der Waals surface area contributed by atoms with Crippen LogP contribution >= 0.6 is 0 Å². The molecule has 0 radical (unpaired) electrons. The lowest BCUT2D eigenvalue weighted by Gasteiger charge is -2.36. The van der Waals surface area contributed by atoms with Gasteiger partial charge in [-0.15, -0.1) is 0 Å². The van der Waals surface area contributed by atoms with Crippen molar-refractivity contribution >= 4 is 28.2 Å². The second kappa shape index (κ2) is 9.82. The minimum Gasteiger partial charge on any atom is -0.477 e. The van der Waals surface area contributed by atoms with E-state index in [0.29, 0.717) is 24.3 Å². The highest BCUT2D eigenvalue weighted by Gasteiger charge is 2.28. The number of carbonyl (C=O) groups is 1. The van der Waals surface area contributed by atoms with Gasteiger partial charge in [-0.2, -0.15) is 0 Å². The summed E-state index contributed by atoms with van der Waals surface area (Å²) >= 11 is 0. The maximum Gasteiger partial charge on any atom is 0.341 e. The molecule has 0 amide bonds. The number of piperidine rings is 1. The number of fused-ring (bicyclic) bond motifs is 1. The second-order valence-electron chi connectivity index (χ2n) is 10.6. The van der Waals surface area contributed by atoms with Crippen LogP contribution in [0.5, 0.6) is 0 Å². The summed E-state index contributed by atoms with van der Waals surface area (Å²) in [6.07, 6.45) is 7.16. The number of rotatable bonds is 6. The van der Waals surface area contributed by atoms with Gasteiger partial charge in [0.2, 0.25) is 5.43 Å². The average molecular weight is 505 g/mol. The van der Waals surface area contributed by atoms with E-state index in [1.807, 2.05) is 9.47 Å². The van der Waals surface area contributed by atoms with E-state index < -0.39 is 17.2 Å². The van der Waals surface area contributed by atoms with Crippen molar-refractivity contribution in [2.24, 2.45) is 0 Å². The number of carboxylic acids is 1. The number of halogens is 1. The van der Waals surface area contributed by atoms with E-state index in [1.54, 1.807) is 6.07 Å². The Hall–Kier alpha value is -3.39. The molecular formula is C29H33FN4O3. The molecular weight excluding hydrogens is 471 g/mol. The highest BCUT2D eigenvalue weighted by Crippen LogP contribution is 2.38. The van der Waals surface area contributed by atoms with Gasteiger partial charge >= 0.3 is 5.97 Å². The summed E-state index contributed by atoms with van der Waals surface area (Å²) in [5.74, 6) is -1.75. The Kier molecular flexibility index (Phi) is 6.36. The van der Waals surface area contributed by atoms with Crippen molar-refractivity contribution in [1.29, 1.82) is 0 Å². The Morgan fingerprint density at radius 3 is 2.27 bits per heavy atom. The standard InChI is InChI=1S/C29H33FN4O3/c30-25-16-23-26(34(22-8-9-22)19-24(28(23)35)29(36)37)17-27(25)33-14-12-31(13-15-33)18-20-4-6-21(7-5-20)32-10-2-1-3-11-32/h4-7,16-17,19,22H,1-3,8-15,18H2,(H,36,37). The quantitative estimate of drug-likeness (QED) is 0.534. The number of carboxylic acid groups (broad SMARTS) is 1. The van der Waals surface area contributed by atoms with E-state index in [4.69, 9.17) is 0 Å². The van der Waals surface area contributed by atoms with Crippen LogP contribution in [0.25, 0.3) is 10.9 Å². The van der Waals surface area contributed by atoms with E-state index in [-0.39, 0.29) is 17.0 Å². The SMILES string of the molecule is O=C(O)c1cn(C2CC2)c2cc(N3CCN(Cc4ccc(N5CCCCC5)cc4)CC3)c(F)cc2c1=O. The molecule has 2 aromatic carbocycles. The number of benzene rings is 2. The number of aromatic carboxylic acids is 1. The van der Waals surface area contributed by atoms with Crippen molar-refractivity contribution < 1.29 is 14.3 Å². The van der Waals surface area contributed by atoms with Crippen LogP contribution in [0.15, 0.2) is 47.4 Å². The highest BCUT2D eigenvalue weighted by atomic mass is 19.1. The number of hydrogen-bond donors (Lipinski definition) is 1. The zero-order chi connectivity index (χ0) is 25.5. The lowest BCUT2D eigenvalue weighted by Crippen LogP contribution is -2.46. The first kappa shape index (κ1) is 24.0. The van der Waals surface area contributed by atoms with E-state index in [0.717, 1.165) is 45.6 Å². The number of piperazine rings is 1. The molecule has 194 valence electrons. The number of pyridine rings is 1. The van der Waals surface area contributed by atoms with E-state index in [9.17, 15) is 14.7 Å². The molecule has 3 fully saturated rings. The van der Waals surface area contributed by atoms with Gasteiger partial charge in [-0.25, -0.2) is 9.18 Å². The van der Waals surface area contributed by atoms with Crippen molar-refractivity contribution in [3.8, 4) is 0 Å². The minimum absolute atomic E-state index is 0.139. The molecule has 1 aromatic heterocycles. The first-order valence-corrected chi connectivity index (χ1v) is 13.4. The van der Waals surface area contributed by atoms with Gasteiger partial charge in [0, 0.05) is 69.1 Å². The van der Waals surface area contributed by atoms with Gasteiger partial charge in [-0.05, 0) is 61.9 Å². The zero-order valence-corrected chi connectivity index (χ0v) is 21.0. The molecule has 0 unspecified atom stereocenters. The van der Waals surface area contributed by atoms with Crippen LogP contribution in [0.2, 0.25) is 0 Å². The van der Waals surface area contributed by atoms with E-state index in [2.05, 4.69) is 34.1 Å². The molecule has 1 aliphatic carbocycles. The van der Waals surface area contributed by atoms with E-state index in [1.165, 1.54) is 42.8 Å². The van der Waals surface area contributed by atoms with Crippen LogP contribution in [0.3, 0.4) is 0 Å². The van der Waals surface area contributed by atoms with Gasteiger partial charge in [0.15, 0.2) is 0 Å². The summed E-state index contributed by atoms with van der Waals surface area (Å²) in [5, 5.41) is 9.60. The molecule has 3 aliphatic rings. The Morgan fingerprint density at radius 2 is 1.62 bits per heavy atom. The van der Waals surface area contributed by atoms with Crippen LogP contribution in [0.1, 0.15) is 54.1 Å². The summed E-state index contributed by atoms with van der Waals surface area (Å²) in [6, 6.07) is 12.0. The van der Waals surface area contributed by atoms with Crippen LogP contribution in [0.4, 0.5) is 15.8 Å². The fraction of sp³-hybridized carbons (Fsp3) is 0.448. The predicted octanol–water partition coefficient (Wildman–Crippen LogP) is 4.49. The molecule has 1 saturated carbocycles. The summed E-state index contributed by atoms with van der Waals surface area (Å²) in [7, 11) is 0. The first-order valence-electron chi connectivity index (χ1n) is 13.4. The van der Waals surface area contributed by atoms with Crippen LogP contribution in [-0.4, -0.2) is 59.8 Å². The summed E-state index contributed by atoms with van der Waals surface area (Å²) in [4.78, 5) is 31.2. The molecule has 3 heterocycles. The van der Waals surface area contributed by atoms with Gasteiger partial charge in [0.1, 0.15) is 11.4 Å². The fourth-order valence-corrected chi connectivity index (χ4v) is 5.78. The van der Waals surface area contributed by atoms with Crippen LogP contribution in [0, 0.1) is 5.82 Å². The zero-order valence-electron chi connectivity index (χ0n) is 21.0. The van der Waals surface area contributed by atoms with Crippen molar-refractivity contribution in [1.82, 2.24) is 9.47 Å². The topological polar surface area (TPSA) is 69.0 Å². The molecule has 2 aliphatic heterocycles. The van der Waals surface area contributed by atoms with Crippen molar-refractivity contribution in [2.45, 2.75) is 44.7 Å². The first-order chi connectivity index (χ1) is 18.0. The lowest BCUT2D eigenvalue weighted by molar-refractivity contribution is 0.0695. The van der Waals surface area contributed by atoms with Crippen molar-refractivity contribution in [3.63, 3.8) is 0 Å². The fourth-order valence-electron chi connectivity index (χ4n) is 5.78. The third-order valence-corrected chi connectivity index (χ3v) is 8.05. The third-order valence-electron chi connectivity index (χ3n) is 8.05. The molecule has 8 heteroatoms. The molecule has 0 spiro atoms. The van der Waals surface area contributed by atoms with Crippen molar-refractivity contribution in [3.05, 3.63) is 69.8 Å². The van der Waals surface area contributed by atoms with Gasteiger partial charge < -0.3 is 19.5 Å². The van der Waals surface area contributed by atoms with Gasteiger partial charge in [-0.1, -0.05) is 12.1 Å². The molecule has 3 aromatic rings. The van der Waals surface area contributed by atoms with Gasteiger partial charge in [0.05, 0.1) is 11.2 Å². The summed E-state index contributed by atoms with van der Waals surface area (Å²) in [5.41, 5.74) is 2.76. The molecule has 2 saturated heterocycles. The lowest BCUT2D eigenvalue weighted by atomic mass is 10.1. The van der Waals surface area contributed by atoms with Crippen LogP contribution < -0.4 is 15.2 Å². The maximum atomic E-state index is 15.2. The molecule has 1 N–H and O–H groups in total. The third kappa shape index (κ3) is 4.82. The number of nitrogens with zero attached hydrogens (tertiary/aromatic N) is 4. The minimum atomic E-state index is -1.27.